The molecule has 0 radical (unpaired) electrons. The van der Waals surface area contributed by atoms with E-state index in [4.69, 9.17) is 0 Å². The highest BCUT2D eigenvalue weighted by Crippen LogP contribution is 2.18. The lowest BCUT2D eigenvalue weighted by Crippen LogP contribution is -2.40. The molecule has 8 heteroatoms. The van der Waals surface area contributed by atoms with Crippen LogP contribution < -0.4 is 9.62 Å². The third-order valence-corrected chi connectivity index (χ3v) is 6.03. The number of benzene rings is 2. The van der Waals surface area contributed by atoms with E-state index < -0.39 is 21.7 Å². The number of amides is 1. The zero-order chi connectivity index (χ0) is 20.9. The fourth-order valence-corrected chi connectivity index (χ4v) is 4.29. The second-order valence-corrected chi connectivity index (χ2v) is 9.23. The summed E-state index contributed by atoms with van der Waals surface area (Å²) in [6, 6.07) is 13.0. The molecule has 0 atom stereocenters. The van der Waals surface area contributed by atoms with Crippen LogP contribution >= 0.6 is 0 Å². The van der Waals surface area contributed by atoms with Gasteiger partial charge in [0.05, 0.1) is 11.9 Å². The monoisotopic (exact) mass is 419 g/mol. The first-order chi connectivity index (χ1) is 13.8. The Morgan fingerprint density at radius 1 is 1.10 bits per heavy atom. The number of rotatable bonds is 8. The van der Waals surface area contributed by atoms with Crippen LogP contribution in [0.25, 0.3) is 0 Å². The van der Waals surface area contributed by atoms with Crippen LogP contribution in [0.4, 0.5) is 10.1 Å². The minimum Gasteiger partial charge on any atom is -0.350 e. The molecule has 156 valence electrons. The molecule has 1 saturated heterocycles. The molecule has 6 nitrogen and oxygen atoms in total. The van der Waals surface area contributed by atoms with Crippen molar-refractivity contribution in [3.05, 3.63) is 65.5 Å². The Balaban J connectivity index is 1.60. The normalized spacial score (nSPS) is 14.7. The minimum atomic E-state index is -3.68. The number of carbonyl (C=O) groups excluding carboxylic acids is 1. The van der Waals surface area contributed by atoms with Crippen molar-refractivity contribution in [2.24, 2.45) is 0 Å². The summed E-state index contributed by atoms with van der Waals surface area (Å²) in [5.41, 5.74) is 2.40. The molecule has 1 N–H and O–H groups in total. The topological polar surface area (TPSA) is 69.7 Å². The van der Waals surface area contributed by atoms with E-state index in [2.05, 4.69) is 22.3 Å². The summed E-state index contributed by atoms with van der Waals surface area (Å²) >= 11 is 0. The van der Waals surface area contributed by atoms with Crippen molar-refractivity contribution in [3.63, 3.8) is 0 Å². The van der Waals surface area contributed by atoms with Crippen molar-refractivity contribution < 1.29 is 17.6 Å². The summed E-state index contributed by atoms with van der Waals surface area (Å²) in [7, 11) is -3.68. The molecule has 0 unspecified atom stereocenters. The SMILES string of the molecule is CS(=O)(=O)N(CC(=O)NCc1cccc(CN2CCCC2)c1)c1ccc(F)cc1. The van der Waals surface area contributed by atoms with Gasteiger partial charge in [0.2, 0.25) is 15.9 Å². The van der Waals surface area contributed by atoms with E-state index in [9.17, 15) is 17.6 Å². The van der Waals surface area contributed by atoms with Gasteiger partial charge >= 0.3 is 0 Å². The number of halogens is 1. The number of nitrogens with one attached hydrogen (secondary N) is 1. The first-order valence-corrected chi connectivity index (χ1v) is 11.5. The molecular weight excluding hydrogens is 393 g/mol. The average molecular weight is 420 g/mol. The third kappa shape index (κ3) is 6.27. The number of nitrogens with zero attached hydrogens (tertiary/aromatic N) is 2. The molecule has 0 aromatic heterocycles. The number of likely N-dealkylation sites (tertiary alicyclic amines) is 1. The van der Waals surface area contributed by atoms with Gasteiger partial charge in [0.25, 0.3) is 0 Å². The van der Waals surface area contributed by atoms with Gasteiger partial charge in [0, 0.05) is 13.1 Å². The van der Waals surface area contributed by atoms with Crippen LogP contribution in [0.15, 0.2) is 48.5 Å². The molecule has 0 bridgehead atoms. The van der Waals surface area contributed by atoms with E-state index in [0.717, 1.165) is 47.9 Å². The number of carbonyl (C=O) groups is 1. The smallest absolute Gasteiger partial charge is 0.241 e. The summed E-state index contributed by atoms with van der Waals surface area (Å²) < 4.78 is 38.3. The van der Waals surface area contributed by atoms with E-state index in [-0.39, 0.29) is 12.2 Å². The van der Waals surface area contributed by atoms with Crippen molar-refractivity contribution in [1.29, 1.82) is 0 Å². The fraction of sp³-hybridized carbons (Fsp3) is 0.381. The predicted octanol–water partition coefficient (Wildman–Crippen LogP) is 2.50. The predicted molar refractivity (Wildman–Crippen MR) is 111 cm³/mol. The Morgan fingerprint density at radius 2 is 1.76 bits per heavy atom. The molecule has 29 heavy (non-hydrogen) atoms. The molecule has 1 heterocycles. The Hall–Kier alpha value is -2.45. The second kappa shape index (κ2) is 9.37. The summed E-state index contributed by atoms with van der Waals surface area (Å²) in [6.07, 6.45) is 3.49. The number of sulfonamides is 1. The Bertz CT molecular complexity index is 942. The van der Waals surface area contributed by atoms with Gasteiger partial charge in [0.15, 0.2) is 0 Å². The second-order valence-electron chi connectivity index (χ2n) is 7.33. The molecule has 1 fully saturated rings. The Morgan fingerprint density at radius 3 is 2.41 bits per heavy atom. The van der Waals surface area contributed by atoms with Gasteiger partial charge in [-0.25, -0.2) is 12.8 Å². The van der Waals surface area contributed by atoms with Crippen molar-refractivity contribution in [3.8, 4) is 0 Å². The van der Waals surface area contributed by atoms with Crippen LogP contribution in [0.3, 0.4) is 0 Å². The van der Waals surface area contributed by atoms with Gasteiger partial charge in [-0.1, -0.05) is 24.3 Å². The maximum absolute atomic E-state index is 13.1. The maximum atomic E-state index is 13.1. The van der Waals surface area contributed by atoms with Crippen LogP contribution in [0.2, 0.25) is 0 Å². The van der Waals surface area contributed by atoms with Gasteiger partial charge < -0.3 is 5.32 Å². The maximum Gasteiger partial charge on any atom is 0.241 e. The van der Waals surface area contributed by atoms with Gasteiger partial charge in [-0.2, -0.15) is 0 Å². The van der Waals surface area contributed by atoms with E-state index in [1.54, 1.807) is 0 Å². The zero-order valence-electron chi connectivity index (χ0n) is 16.5. The van der Waals surface area contributed by atoms with E-state index in [0.29, 0.717) is 6.54 Å². The van der Waals surface area contributed by atoms with Crippen LogP contribution in [-0.2, 0) is 27.9 Å². The highest BCUT2D eigenvalue weighted by Gasteiger charge is 2.21. The van der Waals surface area contributed by atoms with Crippen LogP contribution in [-0.4, -0.2) is 45.1 Å². The van der Waals surface area contributed by atoms with Crippen molar-refractivity contribution in [2.45, 2.75) is 25.9 Å². The first kappa shape index (κ1) is 21.3. The molecule has 0 aliphatic carbocycles. The Labute approximate surface area is 171 Å². The molecular formula is C21H26FN3O3S. The number of hydrogen-bond donors (Lipinski definition) is 1. The van der Waals surface area contributed by atoms with Gasteiger partial charge in [0.1, 0.15) is 12.4 Å². The summed E-state index contributed by atoms with van der Waals surface area (Å²) in [6.45, 7) is 3.08. The van der Waals surface area contributed by atoms with Gasteiger partial charge in [-0.3, -0.25) is 14.0 Å². The van der Waals surface area contributed by atoms with E-state index in [1.807, 2.05) is 12.1 Å². The average Bonchev–Trinajstić information content (AvgIpc) is 3.18. The van der Waals surface area contributed by atoms with Crippen molar-refractivity contribution in [2.75, 3.05) is 30.2 Å². The Kier molecular flexibility index (Phi) is 6.87. The molecule has 0 saturated carbocycles. The zero-order valence-corrected chi connectivity index (χ0v) is 17.3. The highest BCUT2D eigenvalue weighted by molar-refractivity contribution is 7.92. The van der Waals surface area contributed by atoms with Crippen LogP contribution in [0.5, 0.6) is 0 Å². The summed E-state index contributed by atoms with van der Waals surface area (Å²) in [5, 5.41) is 2.77. The number of anilines is 1. The van der Waals surface area contributed by atoms with Gasteiger partial charge in [-0.15, -0.1) is 0 Å². The lowest BCUT2D eigenvalue weighted by atomic mass is 10.1. The van der Waals surface area contributed by atoms with Crippen molar-refractivity contribution >= 4 is 21.6 Å². The first-order valence-electron chi connectivity index (χ1n) is 9.61. The summed E-state index contributed by atoms with van der Waals surface area (Å²) in [5.74, 6) is -0.898. The quantitative estimate of drug-likeness (QED) is 0.714. The molecule has 2 aromatic carbocycles. The fourth-order valence-electron chi connectivity index (χ4n) is 3.43. The molecule has 0 spiro atoms. The van der Waals surface area contributed by atoms with E-state index >= 15 is 0 Å². The lowest BCUT2D eigenvalue weighted by molar-refractivity contribution is -0.119. The van der Waals surface area contributed by atoms with Crippen molar-refractivity contribution in [1.82, 2.24) is 10.2 Å². The molecule has 1 aliphatic rings. The largest absolute Gasteiger partial charge is 0.350 e. The number of hydrogen-bond acceptors (Lipinski definition) is 4. The highest BCUT2D eigenvalue weighted by atomic mass is 32.2. The van der Waals surface area contributed by atoms with Gasteiger partial charge in [-0.05, 0) is 61.3 Å². The van der Waals surface area contributed by atoms with E-state index in [1.165, 1.54) is 30.5 Å². The van der Waals surface area contributed by atoms with Crippen LogP contribution in [0.1, 0.15) is 24.0 Å². The van der Waals surface area contributed by atoms with Crippen LogP contribution in [0, 0.1) is 5.82 Å². The molecule has 2 aromatic rings. The third-order valence-electron chi connectivity index (χ3n) is 4.89. The molecule has 1 aliphatic heterocycles. The minimum absolute atomic E-state index is 0.247. The standard InChI is InChI=1S/C21H26FN3O3S/c1-29(27,28)25(20-9-7-19(22)8-10-20)16-21(26)23-14-17-5-4-6-18(13-17)15-24-11-2-3-12-24/h4-10,13H,2-3,11-12,14-16H2,1H3,(H,23,26). The molecule has 1 amide bonds. The lowest BCUT2D eigenvalue weighted by Gasteiger charge is -2.22. The molecule has 3 rings (SSSR count). The summed E-state index contributed by atoms with van der Waals surface area (Å²) in [4.78, 5) is 14.8.